The molecule has 12 unspecified atom stereocenters. The van der Waals surface area contributed by atoms with E-state index in [2.05, 4.69) is 53.7 Å². The lowest BCUT2D eigenvalue weighted by Crippen LogP contribution is -2.65. The highest BCUT2D eigenvalue weighted by Crippen LogP contribution is 2.44. The first-order chi connectivity index (χ1) is 18.6. The molecule has 228 valence electrons. The second-order valence-electron chi connectivity index (χ2n) is 13.5. The highest BCUT2D eigenvalue weighted by Gasteiger charge is 2.52. The van der Waals surface area contributed by atoms with Crippen LogP contribution in [0.15, 0.2) is 24.3 Å². The topological polar surface area (TPSA) is 168 Å². The zero-order valence-electron chi connectivity index (χ0n) is 24.1. The van der Waals surface area contributed by atoms with Crippen molar-refractivity contribution in [2.75, 3.05) is 13.2 Å². The maximum atomic E-state index is 10.9. The molecular formula is C29H46O11. The fourth-order valence-electron chi connectivity index (χ4n) is 5.59. The van der Waals surface area contributed by atoms with Gasteiger partial charge in [0.15, 0.2) is 18.9 Å². The Kier molecular flexibility index (Phi) is 9.65. The largest absolute Gasteiger partial charge is 0.394 e. The Morgan fingerprint density at radius 2 is 1.40 bits per heavy atom. The van der Waals surface area contributed by atoms with Gasteiger partial charge in [0.2, 0.25) is 0 Å². The second-order valence-corrected chi connectivity index (χ2v) is 13.5. The van der Waals surface area contributed by atoms with Crippen molar-refractivity contribution in [3.8, 4) is 0 Å². The highest BCUT2D eigenvalue weighted by atomic mass is 16.8. The third-order valence-electron chi connectivity index (χ3n) is 7.92. The van der Waals surface area contributed by atoms with Crippen LogP contribution in [0.2, 0.25) is 0 Å². The first-order valence-electron chi connectivity index (χ1n) is 13.9. The molecule has 3 fully saturated rings. The predicted molar refractivity (Wildman–Crippen MR) is 142 cm³/mol. The van der Waals surface area contributed by atoms with Crippen LogP contribution in [-0.2, 0) is 23.7 Å². The zero-order valence-corrected chi connectivity index (χ0v) is 24.1. The van der Waals surface area contributed by atoms with Crippen molar-refractivity contribution >= 4 is 0 Å². The maximum Gasteiger partial charge on any atom is 0.189 e. The molecule has 0 aromatic heterocycles. The monoisotopic (exact) mass is 570 g/mol. The lowest BCUT2D eigenvalue weighted by molar-refractivity contribution is -0.399. The van der Waals surface area contributed by atoms with Crippen molar-refractivity contribution in [2.24, 2.45) is 10.8 Å². The van der Waals surface area contributed by atoms with Gasteiger partial charge in [-0.3, -0.25) is 0 Å². The van der Waals surface area contributed by atoms with Gasteiger partial charge in [0.1, 0.15) is 48.8 Å². The summed E-state index contributed by atoms with van der Waals surface area (Å²) in [5, 5.41) is 61.3. The zero-order chi connectivity index (χ0) is 29.6. The van der Waals surface area contributed by atoms with Gasteiger partial charge in [0, 0.05) is 5.56 Å². The van der Waals surface area contributed by atoms with Crippen LogP contribution in [-0.4, -0.2) is 105 Å². The minimum atomic E-state index is -1.68. The minimum absolute atomic E-state index is 0.0318. The van der Waals surface area contributed by atoms with Crippen LogP contribution >= 0.6 is 0 Å². The van der Waals surface area contributed by atoms with Crippen molar-refractivity contribution in [3.63, 3.8) is 0 Å². The number of ether oxygens (including phenoxy) is 5. The smallest absolute Gasteiger partial charge is 0.189 e. The van der Waals surface area contributed by atoms with E-state index in [0.29, 0.717) is 5.92 Å². The molecule has 12 atom stereocenters. The average molecular weight is 571 g/mol. The number of aliphatic hydroxyl groups excluding tert-OH is 6. The number of aliphatic hydroxyl groups is 6. The first kappa shape index (κ1) is 31.7. The summed E-state index contributed by atoms with van der Waals surface area (Å²) in [4.78, 5) is 0. The Balaban J connectivity index is 1.41. The molecule has 0 spiro atoms. The van der Waals surface area contributed by atoms with Crippen LogP contribution in [0.3, 0.4) is 0 Å². The highest BCUT2D eigenvalue weighted by molar-refractivity contribution is 5.28. The van der Waals surface area contributed by atoms with Gasteiger partial charge in [0.25, 0.3) is 0 Å². The molecule has 1 aromatic rings. The van der Waals surface area contributed by atoms with Crippen molar-refractivity contribution in [3.05, 3.63) is 35.4 Å². The molecule has 3 heterocycles. The first-order valence-corrected chi connectivity index (χ1v) is 13.9. The van der Waals surface area contributed by atoms with E-state index in [1.165, 1.54) is 5.56 Å². The molecule has 6 N–H and O–H groups in total. The third-order valence-corrected chi connectivity index (χ3v) is 7.92. The molecule has 0 aliphatic carbocycles. The van der Waals surface area contributed by atoms with Crippen LogP contribution in [0, 0.1) is 10.8 Å². The molecule has 40 heavy (non-hydrogen) atoms. The van der Waals surface area contributed by atoms with E-state index in [4.69, 9.17) is 23.7 Å². The summed E-state index contributed by atoms with van der Waals surface area (Å²) in [5.41, 5.74) is 2.24. The van der Waals surface area contributed by atoms with Gasteiger partial charge in [-0.05, 0) is 28.7 Å². The van der Waals surface area contributed by atoms with Crippen molar-refractivity contribution in [2.45, 2.75) is 122 Å². The van der Waals surface area contributed by atoms with Crippen LogP contribution in [0.25, 0.3) is 0 Å². The van der Waals surface area contributed by atoms with Crippen molar-refractivity contribution in [1.29, 1.82) is 0 Å². The Labute approximate surface area is 235 Å². The molecule has 1 aromatic carbocycles. The number of hydrogen-bond acceptors (Lipinski definition) is 11. The third kappa shape index (κ3) is 6.87. The van der Waals surface area contributed by atoms with E-state index in [9.17, 15) is 30.6 Å². The van der Waals surface area contributed by atoms with Crippen LogP contribution in [0.4, 0.5) is 0 Å². The van der Waals surface area contributed by atoms with Gasteiger partial charge in [-0.25, -0.2) is 0 Å². The molecule has 0 saturated carbocycles. The Morgan fingerprint density at radius 3 is 1.98 bits per heavy atom. The van der Waals surface area contributed by atoms with E-state index in [1.807, 2.05) is 12.1 Å². The van der Waals surface area contributed by atoms with Gasteiger partial charge in [0.05, 0.1) is 13.2 Å². The van der Waals surface area contributed by atoms with Gasteiger partial charge < -0.3 is 54.3 Å². The van der Waals surface area contributed by atoms with Gasteiger partial charge in [-0.1, -0.05) is 65.8 Å². The van der Waals surface area contributed by atoms with E-state index < -0.39 is 74.3 Å². The lowest BCUT2D eigenvalue weighted by atomic mass is 9.69. The van der Waals surface area contributed by atoms with Crippen molar-refractivity contribution in [1.82, 2.24) is 0 Å². The summed E-state index contributed by atoms with van der Waals surface area (Å²) in [7, 11) is 0. The molecule has 11 nitrogen and oxygen atoms in total. The summed E-state index contributed by atoms with van der Waals surface area (Å²) in [6.45, 7) is 12.9. The van der Waals surface area contributed by atoms with E-state index in [1.54, 1.807) is 0 Å². The quantitative estimate of drug-likeness (QED) is 0.288. The number of hydrogen-bond donors (Lipinski definition) is 6. The second kappa shape index (κ2) is 12.2. The summed E-state index contributed by atoms with van der Waals surface area (Å²) in [6, 6.07) is 8.09. The average Bonchev–Trinajstić information content (AvgIpc) is 2.89. The molecule has 3 aliphatic heterocycles. The summed E-state index contributed by atoms with van der Waals surface area (Å²) in [5.74, 6) is 0.350. The lowest BCUT2D eigenvalue weighted by Gasteiger charge is -2.48. The SMILES string of the molecule is CC(C)(C)CC(c1ccc(C2OCC3OC(OC4OC(CO)C(O)C(O)C4O)C(O)C(O)C3O2)cc1)C(C)(C)C. The Bertz CT molecular complexity index is 954. The van der Waals surface area contributed by atoms with Gasteiger partial charge >= 0.3 is 0 Å². The number of fused-ring (bicyclic) bond motifs is 1. The van der Waals surface area contributed by atoms with E-state index >= 15 is 0 Å². The van der Waals surface area contributed by atoms with Crippen LogP contribution in [0.1, 0.15) is 71.3 Å². The van der Waals surface area contributed by atoms with Crippen LogP contribution < -0.4 is 0 Å². The minimum Gasteiger partial charge on any atom is -0.394 e. The normalized spacial score (nSPS) is 40.0. The Hall–Kier alpha value is -1.22. The molecule has 0 amide bonds. The van der Waals surface area contributed by atoms with Gasteiger partial charge in [-0.15, -0.1) is 0 Å². The van der Waals surface area contributed by atoms with E-state index in [0.717, 1.165) is 12.0 Å². The number of rotatable bonds is 6. The van der Waals surface area contributed by atoms with Gasteiger partial charge in [-0.2, -0.15) is 0 Å². The number of benzene rings is 1. The fraction of sp³-hybridized carbons (Fsp3) is 0.793. The maximum absolute atomic E-state index is 10.9. The molecule has 3 saturated heterocycles. The summed E-state index contributed by atoms with van der Waals surface area (Å²) < 4.78 is 28.6. The molecule has 3 aliphatic rings. The molecule has 4 rings (SSSR count). The molecule has 0 radical (unpaired) electrons. The molecule has 11 heteroatoms. The standard InChI is InChI=1S/C29H46O11/c1-28(2,3)11-16(29(4,5)6)14-7-9-15(10-8-14)25-36-13-18-24(39-25)21(33)23(35)27(38-18)40-26-22(34)20(32)19(31)17(12-30)37-26/h7-10,16-27,30-35H,11-13H2,1-6H3. The van der Waals surface area contributed by atoms with Crippen molar-refractivity contribution < 1.29 is 54.3 Å². The Morgan fingerprint density at radius 1 is 0.800 bits per heavy atom. The molecule has 0 bridgehead atoms. The summed E-state index contributed by atoms with van der Waals surface area (Å²) >= 11 is 0. The predicted octanol–water partition coefficient (Wildman–Crippen LogP) is 0.930. The van der Waals surface area contributed by atoms with E-state index in [-0.39, 0.29) is 17.4 Å². The fourth-order valence-corrected chi connectivity index (χ4v) is 5.59. The molecular weight excluding hydrogens is 524 g/mol. The summed E-state index contributed by atoms with van der Waals surface area (Å²) in [6.07, 6.45) is -13.6. The van der Waals surface area contributed by atoms with Crippen LogP contribution in [0.5, 0.6) is 0 Å².